The van der Waals surface area contributed by atoms with Crippen molar-refractivity contribution in [3.05, 3.63) is 28.8 Å². The van der Waals surface area contributed by atoms with E-state index in [1.165, 1.54) is 4.90 Å². The van der Waals surface area contributed by atoms with Gasteiger partial charge >= 0.3 is 0 Å². The molecule has 0 fully saturated rings. The molecule has 2 amide bonds. The number of nitrogen functional groups attached to an aromatic ring is 1. The number of amides is 2. The quantitative estimate of drug-likeness (QED) is 0.799. The monoisotopic (exact) mass is 277 g/mol. The van der Waals surface area contributed by atoms with Crippen molar-refractivity contribution >= 4 is 17.5 Å². The highest BCUT2D eigenvalue weighted by Crippen LogP contribution is 2.19. The van der Waals surface area contributed by atoms with E-state index in [4.69, 9.17) is 11.5 Å². The Balaban J connectivity index is 3.11. The summed E-state index contributed by atoms with van der Waals surface area (Å²) in [6.45, 7) is 8.12. The fourth-order valence-electron chi connectivity index (χ4n) is 2.12. The first kappa shape index (κ1) is 16.0. The molecule has 0 spiro atoms. The van der Waals surface area contributed by atoms with E-state index < -0.39 is 5.91 Å². The van der Waals surface area contributed by atoms with Gasteiger partial charge < -0.3 is 16.4 Å². The van der Waals surface area contributed by atoms with Crippen LogP contribution in [-0.2, 0) is 4.79 Å². The Morgan fingerprint density at radius 1 is 1.20 bits per heavy atom. The highest BCUT2D eigenvalue weighted by atomic mass is 16.2. The van der Waals surface area contributed by atoms with E-state index in [2.05, 4.69) is 0 Å². The van der Waals surface area contributed by atoms with Crippen LogP contribution >= 0.6 is 0 Å². The fourth-order valence-corrected chi connectivity index (χ4v) is 2.12. The van der Waals surface area contributed by atoms with Gasteiger partial charge in [-0.2, -0.15) is 0 Å². The van der Waals surface area contributed by atoms with Crippen molar-refractivity contribution in [2.24, 2.45) is 11.7 Å². The fraction of sp³-hybridized carbons (Fsp3) is 0.467. The van der Waals surface area contributed by atoms with Gasteiger partial charge in [-0.3, -0.25) is 9.59 Å². The molecular formula is C15H23N3O2. The van der Waals surface area contributed by atoms with E-state index in [9.17, 15) is 9.59 Å². The zero-order chi connectivity index (χ0) is 15.4. The molecule has 0 radical (unpaired) electrons. The second kappa shape index (κ2) is 6.41. The molecule has 0 aliphatic rings. The van der Waals surface area contributed by atoms with E-state index in [1.807, 2.05) is 33.8 Å². The Labute approximate surface area is 119 Å². The Morgan fingerprint density at radius 2 is 1.80 bits per heavy atom. The first-order valence-corrected chi connectivity index (χ1v) is 6.66. The third kappa shape index (κ3) is 3.98. The lowest BCUT2D eigenvalue weighted by Crippen LogP contribution is -2.40. The average Bonchev–Trinajstić information content (AvgIpc) is 2.31. The summed E-state index contributed by atoms with van der Waals surface area (Å²) in [6, 6.07) is 3.54. The molecule has 0 aliphatic heterocycles. The van der Waals surface area contributed by atoms with E-state index in [1.54, 1.807) is 6.07 Å². The lowest BCUT2D eigenvalue weighted by Gasteiger charge is -2.24. The van der Waals surface area contributed by atoms with Crippen LogP contribution in [0.5, 0.6) is 0 Å². The Bertz CT molecular complexity index is 524. The van der Waals surface area contributed by atoms with Crippen molar-refractivity contribution in [2.75, 3.05) is 18.8 Å². The number of rotatable bonds is 5. The molecule has 0 atom stereocenters. The summed E-state index contributed by atoms with van der Waals surface area (Å²) in [5.74, 6) is -0.472. The van der Waals surface area contributed by atoms with Crippen LogP contribution in [0.15, 0.2) is 12.1 Å². The first-order chi connectivity index (χ1) is 9.22. The third-order valence-corrected chi connectivity index (χ3v) is 3.06. The molecule has 0 bridgehead atoms. The minimum Gasteiger partial charge on any atom is -0.398 e. The Hall–Kier alpha value is -2.04. The number of nitrogens with zero attached hydrogens (tertiary/aromatic N) is 1. The Morgan fingerprint density at radius 3 is 2.30 bits per heavy atom. The van der Waals surface area contributed by atoms with E-state index >= 15 is 0 Å². The number of hydrogen-bond donors (Lipinski definition) is 2. The molecule has 0 aromatic heterocycles. The number of benzene rings is 1. The van der Waals surface area contributed by atoms with Gasteiger partial charge in [0.15, 0.2) is 0 Å². The number of primary amides is 1. The summed E-state index contributed by atoms with van der Waals surface area (Å²) in [6.07, 6.45) is 0. The maximum Gasteiger partial charge on any atom is 0.254 e. The zero-order valence-corrected chi connectivity index (χ0v) is 12.6. The van der Waals surface area contributed by atoms with Gasteiger partial charge in [0.05, 0.1) is 6.54 Å². The molecule has 1 aromatic rings. The summed E-state index contributed by atoms with van der Waals surface area (Å²) in [5, 5.41) is 0. The molecular weight excluding hydrogens is 254 g/mol. The van der Waals surface area contributed by atoms with Gasteiger partial charge in [-0.25, -0.2) is 0 Å². The van der Waals surface area contributed by atoms with Crippen LogP contribution in [0.25, 0.3) is 0 Å². The van der Waals surface area contributed by atoms with E-state index in [0.717, 1.165) is 11.1 Å². The van der Waals surface area contributed by atoms with E-state index in [0.29, 0.717) is 17.8 Å². The second-order valence-electron chi connectivity index (χ2n) is 5.57. The number of aryl methyl sites for hydroxylation is 2. The summed E-state index contributed by atoms with van der Waals surface area (Å²) >= 11 is 0. The number of carbonyl (C=O) groups excluding carboxylic acids is 2. The van der Waals surface area contributed by atoms with Gasteiger partial charge in [-0.05, 0) is 37.0 Å². The lowest BCUT2D eigenvalue weighted by molar-refractivity contribution is -0.118. The van der Waals surface area contributed by atoms with Gasteiger partial charge in [0.2, 0.25) is 5.91 Å². The summed E-state index contributed by atoms with van der Waals surface area (Å²) in [7, 11) is 0. The maximum absolute atomic E-state index is 12.6. The molecule has 0 unspecified atom stereocenters. The van der Waals surface area contributed by atoms with Gasteiger partial charge in [-0.1, -0.05) is 19.9 Å². The largest absolute Gasteiger partial charge is 0.398 e. The SMILES string of the molecule is Cc1cc(C)c(C(=O)N(CC(N)=O)CC(C)C)cc1N. The van der Waals surface area contributed by atoms with Crippen molar-refractivity contribution in [3.8, 4) is 0 Å². The molecule has 110 valence electrons. The summed E-state index contributed by atoms with van der Waals surface area (Å²) < 4.78 is 0. The predicted molar refractivity (Wildman–Crippen MR) is 80.3 cm³/mol. The molecule has 0 aliphatic carbocycles. The van der Waals surface area contributed by atoms with Crippen LogP contribution in [0.3, 0.4) is 0 Å². The summed E-state index contributed by atoms with van der Waals surface area (Å²) in [4.78, 5) is 25.2. The predicted octanol–water partition coefficient (Wildman–Crippen LogP) is 1.47. The third-order valence-electron chi connectivity index (χ3n) is 3.06. The van der Waals surface area contributed by atoms with Gasteiger partial charge in [-0.15, -0.1) is 0 Å². The highest BCUT2D eigenvalue weighted by Gasteiger charge is 2.20. The Kier molecular flexibility index (Phi) is 5.13. The first-order valence-electron chi connectivity index (χ1n) is 6.66. The molecule has 4 N–H and O–H groups in total. The normalized spacial score (nSPS) is 10.7. The molecule has 1 aromatic carbocycles. The van der Waals surface area contributed by atoms with Crippen LogP contribution in [0.1, 0.15) is 35.3 Å². The molecule has 20 heavy (non-hydrogen) atoms. The number of carbonyl (C=O) groups is 2. The number of anilines is 1. The molecule has 0 heterocycles. The average molecular weight is 277 g/mol. The maximum atomic E-state index is 12.6. The van der Waals surface area contributed by atoms with Crippen molar-refractivity contribution in [1.82, 2.24) is 4.90 Å². The van der Waals surface area contributed by atoms with Crippen molar-refractivity contribution in [3.63, 3.8) is 0 Å². The molecule has 1 rings (SSSR count). The zero-order valence-electron chi connectivity index (χ0n) is 12.6. The van der Waals surface area contributed by atoms with Gasteiger partial charge in [0, 0.05) is 17.8 Å². The highest BCUT2D eigenvalue weighted by molar-refractivity contribution is 5.98. The van der Waals surface area contributed by atoms with Crippen LogP contribution in [0, 0.1) is 19.8 Å². The molecule has 5 heteroatoms. The molecule has 0 saturated carbocycles. The second-order valence-corrected chi connectivity index (χ2v) is 5.57. The van der Waals surface area contributed by atoms with Crippen LogP contribution in [0.4, 0.5) is 5.69 Å². The smallest absolute Gasteiger partial charge is 0.254 e. The van der Waals surface area contributed by atoms with Crippen molar-refractivity contribution < 1.29 is 9.59 Å². The summed E-state index contributed by atoms with van der Waals surface area (Å²) in [5.41, 5.74) is 14.0. The minimum atomic E-state index is -0.517. The van der Waals surface area contributed by atoms with Crippen molar-refractivity contribution in [2.45, 2.75) is 27.7 Å². The minimum absolute atomic E-state index is 0.0791. The van der Waals surface area contributed by atoms with Gasteiger partial charge in [0.25, 0.3) is 5.91 Å². The van der Waals surface area contributed by atoms with Gasteiger partial charge in [0.1, 0.15) is 0 Å². The topological polar surface area (TPSA) is 89.4 Å². The van der Waals surface area contributed by atoms with Crippen LogP contribution < -0.4 is 11.5 Å². The van der Waals surface area contributed by atoms with E-state index in [-0.39, 0.29) is 18.4 Å². The number of hydrogen-bond acceptors (Lipinski definition) is 3. The number of nitrogens with two attached hydrogens (primary N) is 2. The lowest BCUT2D eigenvalue weighted by atomic mass is 10.0. The van der Waals surface area contributed by atoms with Crippen LogP contribution in [-0.4, -0.2) is 29.8 Å². The van der Waals surface area contributed by atoms with Crippen LogP contribution in [0.2, 0.25) is 0 Å². The standard InChI is InChI=1S/C15H23N3O2/c1-9(2)7-18(8-14(17)19)15(20)12-6-13(16)11(4)5-10(12)3/h5-6,9H,7-8,16H2,1-4H3,(H2,17,19). The van der Waals surface area contributed by atoms with Crippen molar-refractivity contribution in [1.29, 1.82) is 0 Å². The molecule has 0 saturated heterocycles. The molecule has 5 nitrogen and oxygen atoms in total.